The maximum atomic E-state index is 13.5. The third-order valence-electron chi connectivity index (χ3n) is 7.49. The minimum absolute atomic E-state index is 0.0998. The quantitative estimate of drug-likeness (QED) is 0.294. The molecule has 1 aliphatic heterocycles. The van der Waals surface area contributed by atoms with Crippen LogP contribution in [0.3, 0.4) is 0 Å². The summed E-state index contributed by atoms with van der Waals surface area (Å²) in [4.78, 5) is 15.2. The van der Waals surface area contributed by atoms with E-state index in [1.165, 1.54) is 0 Å². The molecule has 3 aromatic carbocycles. The average Bonchev–Trinajstić information content (AvgIpc) is 2.99. The first-order valence-electron chi connectivity index (χ1n) is 13.7. The number of rotatable bonds is 12. The largest absolute Gasteiger partial charge is 0.385 e. The van der Waals surface area contributed by atoms with Gasteiger partial charge >= 0.3 is 0 Å². The Morgan fingerprint density at radius 3 is 2.58 bits per heavy atom. The molecule has 8 heteroatoms. The third-order valence-corrected chi connectivity index (χ3v) is 7.80. The van der Waals surface area contributed by atoms with Crippen molar-refractivity contribution in [3.63, 3.8) is 0 Å². The SMILES string of the molecule is COCCCC[C@](O)(c1cccc(Cl)c1-c1cccc(COC)c1)[C@H]1CN(C(=O)c2ccc(CN)cc2)CCO1. The Labute approximate surface area is 241 Å². The summed E-state index contributed by atoms with van der Waals surface area (Å²) < 4.78 is 16.9. The number of morpholine rings is 1. The van der Waals surface area contributed by atoms with E-state index in [1.54, 1.807) is 31.3 Å². The Kier molecular flexibility index (Phi) is 10.7. The number of hydrogen-bond acceptors (Lipinski definition) is 6. The molecule has 7 nitrogen and oxygen atoms in total. The highest BCUT2D eigenvalue weighted by molar-refractivity contribution is 6.33. The van der Waals surface area contributed by atoms with Gasteiger partial charge in [0.1, 0.15) is 11.7 Å². The van der Waals surface area contributed by atoms with Crippen LogP contribution in [0.2, 0.25) is 5.02 Å². The van der Waals surface area contributed by atoms with Crippen LogP contribution in [0.4, 0.5) is 0 Å². The van der Waals surface area contributed by atoms with Crippen LogP contribution >= 0.6 is 11.6 Å². The molecule has 0 radical (unpaired) electrons. The molecule has 0 unspecified atom stereocenters. The second kappa shape index (κ2) is 14.2. The van der Waals surface area contributed by atoms with Gasteiger partial charge in [0.05, 0.1) is 19.8 Å². The zero-order valence-corrected chi connectivity index (χ0v) is 24.0. The van der Waals surface area contributed by atoms with Crippen molar-refractivity contribution in [3.8, 4) is 11.1 Å². The molecule has 2 atom stereocenters. The van der Waals surface area contributed by atoms with Crippen molar-refractivity contribution in [2.24, 2.45) is 5.73 Å². The van der Waals surface area contributed by atoms with Crippen LogP contribution in [0.15, 0.2) is 66.7 Å². The number of nitrogens with two attached hydrogens (primary N) is 1. The van der Waals surface area contributed by atoms with E-state index in [0.29, 0.717) is 61.9 Å². The first kappa shape index (κ1) is 30.2. The van der Waals surface area contributed by atoms with Crippen LogP contribution in [0.25, 0.3) is 11.1 Å². The molecule has 4 rings (SSSR count). The van der Waals surface area contributed by atoms with Gasteiger partial charge in [-0.2, -0.15) is 0 Å². The maximum absolute atomic E-state index is 13.5. The second-order valence-corrected chi connectivity index (χ2v) is 10.6. The molecule has 214 valence electrons. The van der Waals surface area contributed by atoms with Gasteiger partial charge in [-0.15, -0.1) is 0 Å². The van der Waals surface area contributed by atoms with Gasteiger partial charge in [0.15, 0.2) is 0 Å². The van der Waals surface area contributed by atoms with Crippen molar-refractivity contribution >= 4 is 17.5 Å². The van der Waals surface area contributed by atoms with Crippen molar-refractivity contribution in [3.05, 3.63) is 94.0 Å². The highest BCUT2D eigenvalue weighted by Crippen LogP contribution is 2.43. The number of aliphatic hydroxyl groups is 1. The molecule has 0 aromatic heterocycles. The Balaban J connectivity index is 1.71. The fraction of sp³-hybridized carbons (Fsp3) is 0.406. The smallest absolute Gasteiger partial charge is 0.254 e. The fourth-order valence-corrected chi connectivity index (χ4v) is 5.64. The molecule has 40 heavy (non-hydrogen) atoms. The molecule has 0 aliphatic carbocycles. The van der Waals surface area contributed by atoms with Crippen molar-refractivity contribution in [1.29, 1.82) is 0 Å². The van der Waals surface area contributed by atoms with E-state index in [0.717, 1.165) is 28.7 Å². The van der Waals surface area contributed by atoms with Gasteiger partial charge in [0.2, 0.25) is 0 Å². The fourth-order valence-electron chi connectivity index (χ4n) is 5.36. The average molecular weight is 567 g/mol. The lowest BCUT2D eigenvalue weighted by molar-refractivity contribution is -0.146. The molecule has 0 spiro atoms. The molecule has 3 aromatic rings. The summed E-state index contributed by atoms with van der Waals surface area (Å²) >= 11 is 6.83. The summed E-state index contributed by atoms with van der Waals surface area (Å²) in [7, 11) is 3.33. The Morgan fingerprint density at radius 2 is 1.85 bits per heavy atom. The number of nitrogens with zero attached hydrogens (tertiary/aromatic N) is 1. The monoisotopic (exact) mass is 566 g/mol. The zero-order chi connectivity index (χ0) is 28.5. The molecule has 3 N–H and O–H groups in total. The lowest BCUT2D eigenvalue weighted by atomic mass is 9.78. The third kappa shape index (κ3) is 6.92. The molecule has 1 fully saturated rings. The first-order chi connectivity index (χ1) is 19.4. The number of carbonyl (C=O) groups excluding carboxylic acids is 1. The first-order valence-corrected chi connectivity index (χ1v) is 14.1. The molecule has 1 saturated heterocycles. The van der Waals surface area contributed by atoms with E-state index < -0.39 is 11.7 Å². The van der Waals surface area contributed by atoms with Gasteiger partial charge in [0.25, 0.3) is 5.91 Å². The summed E-state index contributed by atoms with van der Waals surface area (Å²) in [5.74, 6) is -0.0998. The minimum atomic E-state index is -1.41. The maximum Gasteiger partial charge on any atom is 0.254 e. The van der Waals surface area contributed by atoms with Gasteiger partial charge < -0.3 is 30.0 Å². The summed E-state index contributed by atoms with van der Waals surface area (Å²) in [6.07, 6.45) is 1.24. The number of unbranched alkanes of at least 4 members (excludes halogenated alkanes) is 1. The second-order valence-electron chi connectivity index (χ2n) is 10.2. The van der Waals surface area contributed by atoms with Gasteiger partial charge in [0, 0.05) is 50.1 Å². The Hall–Kier alpha value is -2.78. The Bertz CT molecular complexity index is 1270. The predicted molar refractivity (Wildman–Crippen MR) is 157 cm³/mol. The van der Waals surface area contributed by atoms with E-state index in [1.807, 2.05) is 54.6 Å². The normalized spacial score (nSPS) is 17.0. The topological polar surface area (TPSA) is 94.2 Å². The van der Waals surface area contributed by atoms with Crippen LogP contribution in [0.5, 0.6) is 0 Å². The number of ether oxygens (including phenoxy) is 3. The molecular formula is C32H39ClN2O5. The summed E-state index contributed by atoms with van der Waals surface area (Å²) in [6.45, 7) is 2.47. The highest BCUT2D eigenvalue weighted by Gasteiger charge is 2.44. The number of halogens is 1. The van der Waals surface area contributed by atoms with Gasteiger partial charge in [-0.3, -0.25) is 4.79 Å². The number of benzene rings is 3. The van der Waals surface area contributed by atoms with E-state index in [9.17, 15) is 9.90 Å². The van der Waals surface area contributed by atoms with Crippen LogP contribution in [0.1, 0.15) is 46.3 Å². The van der Waals surface area contributed by atoms with Crippen molar-refractivity contribution < 1.29 is 24.1 Å². The molecular weight excluding hydrogens is 528 g/mol. The van der Waals surface area contributed by atoms with Crippen LogP contribution in [-0.2, 0) is 33.0 Å². The highest BCUT2D eigenvalue weighted by atomic mass is 35.5. The number of methoxy groups -OCH3 is 2. The lowest BCUT2D eigenvalue weighted by Gasteiger charge is -2.43. The van der Waals surface area contributed by atoms with Gasteiger partial charge in [-0.1, -0.05) is 54.1 Å². The van der Waals surface area contributed by atoms with Crippen LogP contribution < -0.4 is 5.73 Å². The summed E-state index contributed by atoms with van der Waals surface area (Å²) in [6, 6.07) is 20.9. The minimum Gasteiger partial charge on any atom is -0.385 e. The van der Waals surface area contributed by atoms with Gasteiger partial charge in [-0.25, -0.2) is 0 Å². The van der Waals surface area contributed by atoms with E-state index in [2.05, 4.69) is 0 Å². The van der Waals surface area contributed by atoms with Crippen molar-refractivity contribution in [1.82, 2.24) is 4.90 Å². The predicted octanol–water partition coefficient (Wildman–Crippen LogP) is 5.16. The van der Waals surface area contributed by atoms with Crippen molar-refractivity contribution in [2.45, 2.75) is 44.1 Å². The summed E-state index contributed by atoms with van der Waals surface area (Å²) in [5, 5.41) is 13.1. The molecule has 1 amide bonds. The molecule has 0 saturated carbocycles. The standard InChI is InChI=1S/C32H39ClN2O5/c1-38-17-4-3-15-32(37,27-9-6-10-28(33)30(27)26-8-5-7-24(19-26)22-39-2)29-21-35(16-18-40-29)31(36)25-13-11-23(20-34)12-14-25/h5-14,19,29,37H,3-4,15-18,20-22,34H2,1-2H3/t29-,32+/m1/s1. The molecule has 0 bridgehead atoms. The van der Waals surface area contributed by atoms with Gasteiger partial charge in [-0.05, 0) is 65.8 Å². The number of hydrogen-bond donors (Lipinski definition) is 2. The van der Waals surface area contributed by atoms with Crippen molar-refractivity contribution in [2.75, 3.05) is 40.5 Å². The zero-order valence-electron chi connectivity index (χ0n) is 23.3. The summed E-state index contributed by atoms with van der Waals surface area (Å²) in [5.41, 5.74) is 9.18. The Morgan fingerprint density at radius 1 is 1.07 bits per heavy atom. The van der Waals surface area contributed by atoms with E-state index >= 15 is 0 Å². The van der Waals surface area contributed by atoms with E-state index in [-0.39, 0.29) is 12.5 Å². The number of amides is 1. The van der Waals surface area contributed by atoms with Crippen LogP contribution in [-0.4, -0.2) is 62.5 Å². The van der Waals surface area contributed by atoms with Crippen LogP contribution in [0, 0.1) is 0 Å². The molecule has 1 aliphatic rings. The van der Waals surface area contributed by atoms with E-state index in [4.69, 9.17) is 31.5 Å². The lowest BCUT2D eigenvalue weighted by Crippen LogP contribution is -2.54. The number of carbonyl (C=O) groups is 1. The molecule has 1 heterocycles.